The Bertz CT molecular complexity index is 2870. The largest absolute Gasteiger partial charge is 0.493 e. The maximum atomic E-state index is 14.5. The Balaban J connectivity index is 0.000000212. The maximum absolute atomic E-state index is 14.5. The Morgan fingerprint density at radius 1 is 0.492 bits per heavy atom. The zero-order valence-electron chi connectivity index (χ0n) is 32.8. The number of hydrogen-bond donors (Lipinski definition) is 4. The Morgan fingerprint density at radius 3 is 1.12 bits per heavy atom. The number of carbonyl (C=O) groups is 2. The topological polar surface area (TPSA) is 175 Å². The summed E-state index contributed by atoms with van der Waals surface area (Å²) in [5, 5.41) is 48.5. The smallest absolute Gasteiger partial charge is 0.337 e. The molecule has 65 heavy (non-hydrogen) atoms. The van der Waals surface area contributed by atoms with Gasteiger partial charge in [-0.1, -0.05) is 60.7 Å². The van der Waals surface area contributed by atoms with Gasteiger partial charge >= 0.3 is 11.9 Å². The van der Waals surface area contributed by atoms with Gasteiger partial charge in [-0.15, -0.1) is 0 Å². The number of nitrogens with zero attached hydrogens (tertiary/aromatic N) is 6. The van der Waals surface area contributed by atoms with E-state index in [2.05, 4.69) is 20.2 Å². The van der Waals surface area contributed by atoms with Crippen molar-refractivity contribution in [3.63, 3.8) is 0 Å². The molecule has 12 nitrogen and oxygen atoms in total. The molecule has 0 spiro atoms. The molecule has 8 aromatic rings. The predicted octanol–water partition coefficient (Wildman–Crippen LogP) is 10.2. The number of aromatic carboxylic acids is 2. The molecule has 0 unspecified atom stereocenters. The second kappa shape index (κ2) is 19.8. The van der Waals surface area contributed by atoms with Gasteiger partial charge in [-0.25, -0.2) is 45.3 Å². The summed E-state index contributed by atoms with van der Waals surface area (Å²) in [4.78, 5) is 31.0. The summed E-state index contributed by atoms with van der Waals surface area (Å²) in [6, 6.07) is 30.3. The first-order chi connectivity index (χ1) is 30.7. The Morgan fingerprint density at radius 2 is 0.800 bits per heavy atom. The van der Waals surface area contributed by atoms with Gasteiger partial charge < -0.3 is 20.4 Å². The standard InChI is InChI=1S/2C23H14F3N3O3.Cr/c2*24-13-10-17(25)20(18(26)11-13)21-16(12-27-19-9-5-4-8-15(19)23(31)32)22(30)29(28-21)14-6-2-1-3-7-14;/h2*1-12,30H,(H,31,32);. The molecule has 4 N–H and O–H groups in total. The van der Waals surface area contributed by atoms with Crippen molar-refractivity contribution in [1.82, 2.24) is 19.6 Å². The van der Waals surface area contributed by atoms with E-state index in [-0.39, 0.29) is 62.4 Å². The quantitative estimate of drug-likeness (QED) is 0.0774. The molecule has 0 aliphatic carbocycles. The van der Waals surface area contributed by atoms with Gasteiger partial charge in [0.25, 0.3) is 0 Å². The molecule has 6 aromatic carbocycles. The molecule has 2 aromatic heterocycles. The van der Waals surface area contributed by atoms with E-state index in [1.165, 1.54) is 36.4 Å². The van der Waals surface area contributed by atoms with Crippen LogP contribution in [-0.4, -0.2) is 64.4 Å². The summed E-state index contributed by atoms with van der Waals surface area (Å²) in [6.45, 7) is 0. The van der Waals surface area contributed by atoms with Gasteiger partial charge in [0, 0.05) is 54.1 Å². The number of aliphatic imine (C=N–C) groups is 2. The van der Waals surface area contributed by atoms with Gasteiger partial charge in [-0.2, -0.15) is 10.2 Å². The van der Waals surface area contributed by atoms with Crippen molar-refractivity contribution in [2.24, 2.45) is 9.98 Å². The number of carboxylic acid groups (broad SMARTS) is 2. The second-order valence-corrected chi connectivity index (χ2v) is 13.3. The average Bonchev–Trinajstić information content (AvgIpc) is 3.76. The summed E-state index contributed by atoms with van der Waals surface area (Å²) in [5.41, 5.74) is -1.70. The van der Waals surface area contributed by atoms with E-state index in [0.717, 1.165) is 21.8 Å². The average molecular weight is 927 g/mol. The predicted molar refractivity (Wildman–Crippen MR) is 222 cm³/mol. The first-order valence-electron chi connectivity index (χ1n) is 18.5. The monoisotopic (exact) mass is 926 g/mol. The number of hydrogen-bond acceptors (Lipinski definition) is 8. The van der Waals surface area contributed by atoms with E-state index in [1.54, 1.807) is 72.8 Å². The number of aromatic hydroxyl groups is 2. The molecule has 0 bridgehead atoms. The van der Waals surface area contributed by atoms with Crippen LogP contribution in [0.25, 0.3) is 33.9 Å². The number of carboxylic acids is 2. The van der Waals surface area contributed by atoms with E-state index in [9.17, 15) is 56.4 Å². The fourth-order valence-electron chi connectivity index (χ4n) is 6.29. The Hall–Kier alpha value is -8.27. The van der Waals surface area contributed by atoms with Crippen molar-refractivity contribution in [1.29, 1.82) is 0 Å². The number of rotatable bonds is 10. The van der Waals surface area contributed by atoms with Crippen molar-refractivity contribution < 1.29 is 73.7 Å². The number of halogens is 6. The third-order valence-corrected chi connectivity index (χ3v) is 9.22. The number of aromatic nitrogens is 4. The third-order valence-electron chi connectivity index (χ3n) is 9.22. The van der Waals surface area contributed by atoms with Gasteiger partial charge in [0.2, 0.25) is 11.8 Å². The van der Waals surface area contributed by atoms with E-state index in [0.29, 0.717) is 35.6 Å². The molecule has 2 heterocycles. The molecule has 326 valence electrons. The SMILES string of the molecule is O=C(O)c1ccccc1N=Cc1c(-c2c(F)cc(F)cc2F)nn(-c2ccccc2)c1O.O=C(O)c1ccccc1N=Cc1c(-c2c(F)cc(F)cc2F)nn(-c2ccccc2)c1O.[Cr]. The van der Waals surface area contributed by atoms with Crippen LogP contribution in [0.1, 0.15) is 31.8 Å². The minimum atomic E-state index is -1.22. The van der Waals surface area contributed by atoms with Crippen LogP contribution < -0.4 is 0 Å². The molecule has 8 rings (SSSR count). The van der Waals surface area contributed by atoms with Crippen LogP contribution in [0, 0.1) is 34.9 Å². The van der Waals surface area contributed by atoms with Crippen molar-refractivity contribution in [3.05, 3.63) is 191 Å². The summed E-state index contributed by atoms with van der Waals surface area (Å²) >= 11 is 0. The van der Waals surface area contributed by atoms with E-state index in [4.69, 9.17) is 0 Å². The molecule has 19 heteroatoms. The van der Waals surface area contributed by atoms with Crippen LogP contribution in [0.15, 0.2) is 143 Å². The van der Waals surface area contributed by atoms with Crippen LogP contribution in [0.4, 0.5) is 37.7 Å². The minimum Gasteiger partial charge on any atom is -0.493 e. The summed E-state index contributed by atoms with van der Waals surface area (Å²) < 4.78 is 87.0. The van der Waals surface area contributed by atoms with E-state index < -0.39 is 69.7 Å². The van der Waals surface area contributed by atoms with Crippen LogP contribution in [0.3, 0.4) is 0 Å². The van der Waals surface area contributed by atoms with Crippen molar-refractivity contribution in [2.45, 2.75) is 0 Å². The Kier molecular flexibility index (Phi) is 14.1. The first kappa shape index (κ1) is 46.2. The molecular formula is C46H28CrF6N6O6. The summed E-state index contributed by atoms with van der Waals surface area (Å²) in [5.74, 6) is -10.5. The van der Waals surface area contributed by atoms with Crippen molar-refractivity contribution in [2.75, 3.05) is 0 Å². The van der Waals surface area contributed by atoms with Crippen molar-refractivity contribution >= 4 is 35.7 Å². The van der Waals surface area contributed by atoms with E-state index in [1.807, 2.05) is 0 Å². The van der Waals surface area contributed by atoms with Crippen LogP contribution >= 0.6 is 0 Å². The molecule has 0 atom stereocenters. The van der Waals surface area contributed by atoms with Crippen molar-refractivity contribution in [3.8, 4) is 45.6 Å². The van der Waals surface area contributed by atoms with Crippen LogP contribution in [0.2, 0.25) is 0 Å². The zero-order chi connectivity index (χ0) is 45.7. The molecular weight excluding hydrogens is 899 g/mol. The van der Waals surface area contributed by atoms with Crippen LogP contribution in [-0.2, 0) is 17.4 Å². The van der Waals surface area contributed by atoms with Gasteiger partial charge in [-0.05, 0) is 48.5 Å². The molecule has 0 fully saturated rings. The molecule has 0 aliphatic heterocycles. The fourth-order valence-corrected chi connectivity index (χ4v) is 6.29. The van der Waals surface area contributed by atoms with Gasteiger partial charge in [0.05, 0.1) is 56.1 Å². The molecule has 0 saturated heterocycles. The Labute approximate surface area is 374 Å². The van der Waals surface area contributed by atoms with E-state index >= 15 is 0 Å². The molecule has 0 saturated carbocycles. The second-order valence-electron chi connectivity index (χ2n) is 13.3. The van der Waals surface area contributed by atoms with Gasteiger partial charge in [0.15, 0.2) is 0 Å². The van der Waals surface area contributed by atoms with Gasteiger partial charge in [-0.3, -0.25) is 9.98 Å². The zero-order valence-corrected chi connectivity index (χ0v) is 34.1. The first-order valence-corrected chi connectivity index (χ1v) is 18.5. The molecule has 0 amide bonds. The molecule has 0 aliphatic rings. The minimum absolute atomic E-state index is 0. The summed E-state index contributed by atoms with van der Waals surface area (Å²) in [6.07, 6.45) is 2.11. The molecule has 0 radical (unpaired) electrons. The maximum Gasteiger partial charge on any atom is 0.337 e. The third kappa shape index (κ3) is 9.86. The normalized spacial score (nSPS) is 11.0. The fraction of sp³-hybridized carbons (Fsp3) is 0. The number of para-hydroxylation sites is 4. The number of benzene rings is 6. The van der Waals surface area contributed by atoms with Crippen LogP contribution in [0.5, 0.6) is 11.8 Å². The van der Waals surface area contributed by atoms with Gasteiger partial charge in [0.1, 0.15) is 46.3 Å². The summed E-state index contributed by atoms with van der Waals surface area (Å²) in [7, 11) is 0.